The summed E-state index contributed by atoms with van der Waals surface area (Å²) in [6.07, 6.45) is 4.66. The van der Waals surface area contributed by atoms with Gasteiger partial charge in [-0.1, -0.05) is 18.5 Å². The van der Waals surface area contributed by atoms with Gasteiger partial charge in [0, 0.05) is 19.5 Å². The molecule has 2 rings (SSSR count). The average Bonchev–Trinajstić information content (AvgIpc) is 2.85. The summed E-state index contributed by atoms with van der Waals surface area (Å²) in [6, 6.07) is 0.153. The Bertz CT molecular complexity index is 359. The van der Waals surface area contributed by atoms with Crippen molar-refractivity contribution < 1.29 is 9.63 Å². The molecule has 18 heavy (non-hydrogen) atoms. The number of rotatable bonds is 5. The highest BCUT2D eigenvalue weighted by Crippen LogP contribution is 2.23. The summed E-state index contributed by atoms with van der Waals surface area (Å²) in [7, 11) is 0. The van der Waals surface area contributed by atoms with Crippen LogP contribution in [0.3, 0.4) is 0 Å². The highest BCUT2D eigenvalue weighted by Gasteiger charge is 2.25. The van der Waals surface area contributed by atoms with Crippen LogP contribution < -0.4 is 0 Å². The van der Waals surface area contributed by atoms with Gasteiger partial charge in [-0.25, -0.2) is 0 Å². The highest BCUT2D eigenvalue weighted by atomic mass is 16.5. The third kappa shape index (κ3) is 3.29. The number of piperidine rings is 1. The van der Waals surface area contributed by atoms with E-state index in [4.69, 9.17) is 4.52 Å². The largest absolute Gasteiger partial charge is 0.393 e. The molecule has 1 aliphatic rings. The summed E-state index contributed by atoms with van der Waals surface area (Å²) in [5.41, 5.74) is 0. The van der Waals surface area contributed by atoms with E-state index in [9.17, 15) is 5.11 Å². The van der Waals surface area contributed by atoms with Crippen molar-refractivity contribution in [3.8, 4) is 0 Å². The molecule has 0 spiro atoms. The van der Waals surface area contributed by atoms with Crippen LogP contribution >= 0.6 is 0 Å². The predicted octanol–water partition coefficient (Wildman–Crippen LogP) is 1.93. The first-order valence-electron chi connectivity index (χ1n) is 6.95. The molecule has 2 heterocycles. The van der Waals surface area contributed by atoms with Crippen LogP contribution in [-0.2, 0) is 6.42 Å². The molecule has 102 valence electrons. The van der Waals surface area contributed by atoms with E-state index in [1.54, 1.807) is 0 Å². The fourth-order valence-corrected chi connectivity index (χ4v) is 2.30. The number of aliphatic hydroxyl groups is 1. The number of aromatic nitrogens is 2. The Hall–Kier alpha value is -0.940. The van der Waals surface area contributed by atoms with Crippen molar-refractivity contribution in [2.75, 3.05) is 13.1 Å². The minimum Gasteiger partial charge on any atom is -0.393 e. The summed E-state index contributed by atoms with van der Waals surface area (Å²) < 4.78 is 5.34. The summed E-state index contributed by atoms with van der Waals surface area (Å²) >= 11 is 0. The van der Waals surface area contributed by atoms with Crippen LogP contribution in [0.2, 0.25) is 0 Å². The highest BCUT2D eigenvalue weighted by molar-refractivity contribution is 4.93. The fourth-order valence-electron chi connectivity index (χ4n) is 2.30. The Morgan fingerprint density at radius 2 is 2.17 bits per heavy atom. The van der Waals surface area contributed by atoms with Gasteiger partial charge in [-0.15, -0.1) is 0 Å². The molecule has 0 saturated carbocycles. The molecular weight excluding hydrogens is 230 g/mol. The third-order valence-electron chi connectivity index (χ3n) is 3.64. The van der Waals surface area contributed by atoms with Gasteiger partial charge in [-0.05, 0) is 26.2 Å². The summed E-state index contributed by atoms with van der Waals surface area (Å²) in [6.45, 7) is 6.04. The minimum absolute atomic E-state index is 0.142. The minimum atomic E-state index is -0.142. The van der Waals surface area contributed by atoms with Crippen molar-refractivity contribution in [2.45, 2.75) is 58.1 Å². The first-order valence-corrected chi connectivity index (χ1v) is 6.95. The second-order valence-electron chi connectivity index (χ2n) is 5.10. The fraction of sp³-hybridized carbons (Fsp3) is 0.846. The maximum atomic E-state index is 9.50. The molecule has 1 atom stereocenters. The molecule has 1 unspecified atom stereocenters. The Morgan fingerprint density at radius 3 is 2.83 bits per heavy atom. The van der Waals surface area contributed by atoms with E-state index in [1.807, 2.05) is 0 Å². The van der Waals surface area contributed by atoms with Crippen molar-refractivity contribution >= 4 is 0 Å². The molecule has 1 fully saturated rings. The van der Waals surface area contributed by atoms with Gasteiger partial charge in [-0.2, -0.15) is 4.98 Å². The lowest BCUT2D eigenvalue weighted by Gasteiger charge is -2.32. The van der Waals surface area contributed by atoms with Crippen LogP contribution in [0.1, 0.15) is 57.3 Å². The van der Waals surface area contributed by atoms with Crippen molar-refractivity contribution in [2.24, 2.45) is 0 Å². The molecule has 1 aliphatic heterocycles. The summed E-state index contributed by atoms with van der Waals surface area (Å²) in [5, 5.41) is 13.5. The third-order valence-corrected chi connectivity index (χ3v) is 3.64. The molecule has 0 amide bonds. The van der Waals surface area contributed by atoms with Gasteiger partial charge in [0.05, 0.1) is 12.1 Å². The Labute approximate surface area is 108 Å². The molecule has 5 nitrogen and oxygen atoms in total. The van der Waals surface area contributed by atoms with Crippen molar-refractivity contribution in [3.05, 3.63) is 11.7 Å². The topological polar surface area (TPSA) is 62.4 Å². The number of aryl methyl sites for hydroxylation is 1. The van der Waals surface area contributed by atoms with Crippen LogP contribution in [0.5, 0.6) is 0 Å². The Morgan fingerprint density at radius 1 is 1.44 bits per heavy atom. The summed E-state index contributed by atoms with van der Waals surface area (Å²) in [5.74, 6) is 1.52. The van der Waals surface area contributed by atoms with Crippen LogP contribution in [0.15, 0.2) is 4.52 Å². The van der Waals surface area contributed by atoms with Gasteiger partial charge in [0.1, 0.15) is 0 Å². The number of likely N-dealkylation sites (tertiary alicyclic amines) is 1. The van der Waals surface area contributed by atoms with Gasteiger partial charge in [0.25, 0.3) is 0 Å². The Balaban J connectivity index is 1.91. The zero-order valence-corrected chi connectivity index (χ0v) is 11.3. The first kappa shape index (κ1) is 13.5. The lowest BCUT2D eigenvalue weighted by atomic mass is 10.1. The lowest BCUT2D eigenvalue weighted by molar-refractivity contribution is 0.0564. The van der Waals surface area contributed by atoms with Gasteiger partial charge >= 0.3 is 0 Å². The van der Waals surface area contributed by atoms with E-state index in [0.717, 1.165) is 51.0 Å². The quantitative estimate of drug-likeness (QED) is 0.868. The van der Waals surface area contributed by atoms with E-state index in [0.29, 0.717) is 5.89 Å². The maximum Gasteiger partial charge on any atom is 0.243 e. The van der Waals surface area contributed by atoms with Gasteiger partial charge < -0.3 is 9.63 Å². The zero-order valence-electron chi connectivity index (χ0n) is 11.3. The summed E-state index contributed by atoms with van der Waals surface area (Å²) in [4.78, 5) is 6.76. The molecule has 1 aromatic rings. The van der Waals surface area contributed by atoms with E-state index in [-0.39, 0.29) is 12.1 Å². The molecular formula is C13H23N3O2. The molecule has 1 N–H and O–H groups in total. The SMILES string of the molecule is CCCCc1noc(C(C)N2CCC(O)CC2)n1. The van der Waals surface area contributed by atoms with Gasteiger partial charge in [0.2, 0.25) is 5.89 Å². The monoisotopic (exact) mass is 253 g/mol. The van der Waals surface area contributed by atoms with E-state index >= 15 is 0 Å². The van der Waals surface area contributed by atoms with Crippen LogP contribution in [0.4, 0.5) is 0 Å². The molecule has 0 aromatic carbocycles. The number of unbranched alkanes of at least 4 members (excludes halogenated alkanes) is 1. The number of hydrogen-bond donors (Lipinski definition) is 1. The van der Waals surface area contributed by atoms with Crippen molar-refractivity contribution in [3.63, 3.8) is 0 Å². The Kier molecular flexibility index (Phi) is 4.72. The number of aliphatic hydroxyl groups excluding tert-OH is 1. The number of nitrogens with zero attached hydrogens (tertiary/aromatic N) is 3. The molecule has 0 aliphatic carbocycles. The zero-order chi connectivity index (χ0) is 13.0. The maximum absolute atomic E-state index is 9.50. The molecule has 5 heteroatoms. The standard InChI is InChI=1S/C13H23N3O2/c1-3-4-5-12-14-13(18-15-12)10(2)16-8-6-11(17)7-9-16/h10-11,17H,3-9H2,1-2H3. The lowest BCUT2D eigenvalue weighted by Crippen LogP contribution is -2.37. The van der Waals surface area contributed by atoms with E-state index in [1.165, 1.54) is 0 Å². The van der Waals surface area contributed by atoms with Crippen LogP contribution in [-0.4, -0.2) is 39.3 Å². The molecule has 1 aromatic heterocycles. The normalized spacial score (nSPS) is 20.2. The molecule has 0 radical (unpaired) electrons. The van der Waals surface area contributed by atoms with Crippen molar-refractivity contribution in [1.82, 2.24) is 15.0 Å². The second kappa shape index (κ2) is 6.29. The van der Waals surface area contributed by atoms with Gasteiger partial charge in [0.15, 0.2) is 5.82 Å². The van der Waals surface area contributed by atoms with E-state index in [2.05, 4.69) is 28.9 Å². The first-order chi connectivity index (χ1) is 8.70. The molecule has 1 saturated heterocycles. The van der Waals surface area contributed by atoms with Crippen molar-refractivity contribution in [1.29, 1.82) is 0 Å². The van der Waals surface area contributed by atoms with E-state index < -0.39 is 0 Å². The van der Waals surface area contributed by atoms with Crippen LogP contribution in [0.25, 0.3) is 0 Å². The average molecular weight is 253 g/mol. The second-order valence-corrected chi connectivity index (χ2v) is 5.10. The number of hydrogen-bond acceptors (Lipinski definition) is 5. The smallest absolute Gasteiger partial charge is 0.243 e. The van der Waals surface area contributed by atoms with Crippen LogP contribution in [0, 0.1) is 0 Å². The van der Waals surface area contributed by atoms with Gasteiger partial charge in [-0.3, -0.25) is 4.90 Å². The molecule has 0 bridgehead atoms. The predicted molar refractivity (Wildman–Crippen MR) is 68.1 cm³/mol.